The zero-order valence-corrected chi connectivity index (χ0v) is 14.9. The van der Waals surface area contributed by atoms with Crippen LogP contribution in [0.1, 0.15) is 51.9 Å². The van der Waals surface area contributed by atoms with Gasteiger partial charge in [-0.15, -0.1) is 0 Å². The van der Waals surface area contributed by atoms with Crippen molar-refractivity contribution in [2.24, 2.45) is 5.92 Å². The Balaban J connectivity index is 1.64. The van der Waals surface area contributed by atoms with E-state index in [-0.39, 0.29) is 17.5 Å². The highest BCUT2D eigenvalue weighted by atomic mass is 16.2. The lowest BCUT2D eigenvalue weighted by Gasteiger charge is -2.23. The largest absolute Gasteiger partial charge is 0.352 e. The van der Waals surface area contributed by atoms with Crippen molar-refractivity contribution in [3.63, 3.8) is 0 Å². The summed E-state index contributed by atoms with van der Waals surface area (Å²) in [4.78, 5) is 24.9. The van der Waals surface area contributed by atoms with E-state index in [0.717, 1.165) is 24.6 Å². The van der Waals surface area contributed by atoms with Gasteiger partial charge in [0.2, 0.25) is 5.91 Å². The molecule has 1 aromatic carbocycles. The van der Waals surface area contributed by atoms with Gasteiger partial charge in [-0.2, -0.15) is 5.10 Å². The van der Waals surface area contributed by atoms with Crippen LogP contribution in [0, 0.1) is 5.92 Å². The number of nitrogens with zero attached hydrogens (tertiary/aromatic N) is 2. The minimum Gasteiger partial charge on any atom is -0.352 e. The summed E-state index contributed by atoms with van der Waals surface area (Å²) < 4.78 is 1.47. The second-order valence-corrected chi connectivity index (χ2v) is 7.10. The van der Waals surface area contributed by atoms with Crippen molar-refractivity contribution < 1.29 is 4.79 Å². The molecule has 0 radical (unpaired) electrons. The second-order valence-electron chi connectivity index (χ2n) is 7.10. The first-order valence-corrected chi connectivity index (χ1v) is 9.41. The van der Waals surface area contributed by atoms with Crippen LogP contribution in [0.3, 0.4) is 0 Å². The number of amides is 1. The average molecular weight is 341 g/mol. The maximum atomic E-state index is 12.6. The number of aromatic nitrogens is 2. The summed E-state index contributed by atoms with van der Waals surface area (Å²) in [6, 6.07) is 7.39. The van der Waals surface area contributed by atoms with Crippen molar-refractivity contribution in [2.45, 2.75) is 64.5 Å². The molecule has 1 aromatic heterocycles. The Morgan fingerprint density at radius 1 is 1.28 bits per heavy atom. The van der Waals surface area contributed by atoms with Gasteiger partial charge in [-0.1, -0.05) is 44.4 Å². The molecule has 0 bridgehead atoms. The first-order valence-electron chi connectivity index (χ1n) is 9.41. The van der Waals surface area contributed by atoms with E-state index in [4.69, 9.17) is 0 Å². The molecular weight excluding hydrogens is 314 g/mol. The van der Waals surface area contributed by atoms with Crippen molar-refractivity contribution >= 4 is 16.7 Å². The van der Waals surface area contributed by atoms with Crippen LogP contribution < -0.4 is 10.9 Å². The highest BCUT2D eigenvalue weighted by Gasteiger charge is 2.19. The SMILES string of the molecule is CC[C@@H](Cn1ncc2ccccc2c1=O)NC(=O)CC1CCCCC1. The zero-order chi connectivity index (χ0) is 17.6. The molecule has 0 aliphatic heterocycles. The van der Waals surface area contributed by atoms with E-state index < -0.39 is 0 Å². The highest BCUT2D eigenvalue weighted by molar-refractivity contribution is 5.80. The monoisotopic (exact) mass is 341 g/mol. The molecule has 0 saturated heterocycles. The van der Waals surface area contributed by atoms with Gasteiger partial charge in [0.25, 0.3) is 5.56 Å². The number of carbonyl (C=O) groups is 1. The first kappa shape index (κ1) is 17.6. The van der Waals surface area contributed by atoms with Gasteiger partial charge in [0.05, 0.1) is 18.1 Å². The summed E-state index contributed by atoms with van der Waals surface area (Å²) >= 11 is 0. The fraction of sp³-hybridized carbons (Fsp3) is 0.550. The van der Waals surface area contributed by atoms with Crippen LogP contribution in [0.25, 0.3) is 10.8 Å². The lowest BCUT2D eigenvalue weighted by molar-refractivity contribution is -0.123. The Labute approximate surface area is 148 Å². The van der Waals surface area contributed by atoms with E-state index >= 15 is 0 Å². The third-order valence-electron chi connectivity index (χ3n) is 5.21. The van der Waals surface area contributed by atoms with Crippen LogP contribution in [0.5, 0.6) is 0 Å². The van der Waals surface area contributed by atoms with Crippen LogP contribution >= 0.6 is 0 Å². The molecule has 0 unspecified atom stereocenters. The Morgan fingerprint density at radius 3 is 2.80 bits per heavy atom. The summed E-state index contributed by atoms with van der Waals surface area (Å²) in [6.45, 7) is 2.44. The smallest absolute Gasteiger partial charge is 0.274 e. The molecule has 1 heterocycles. The van der Waals surface area contributed by atoms with Crippen LogP contribution in [-0.2, 0) is 11.3 Å². The van der Waals surface area contributed by atoms with Crippen molar-refractivity contribution in [3.05, 3.63) is 40.8 Å². The van der Waals surface area contributed by atoms with Gasteiger partial charge < -0.3 is 5.32 Å². The zero-order valence-electron chi connectivity index (χ0n) is 14.9. The molecule has 25 heavy (non-hydrogen) atoms. The van der Waals surface area contributed by atoms with Gasteiger partial charge in [0.15, 0.2) is 0 Å². The standard InChI is InChI=1S/C20H27N3O2/c1-2-17(22-19(24)12-15-8-4-3-5-9-15)14-23-20(25)18-11-7-6-10-16(18)13-21-23/h6-7,10-11,13,15,17H,2-5,8-9,12,14H2,1H3,(H,22,24)/t17-/m0/s1. The van der Waals surface area contributed by atoms with E-state index in [2.05, 4.69) is 10.4 Å². The van der Waals surface area contributed by atoms with Gasteiger partial charge >= 0.3 is 0 Å². The number of fused-ring (bicyclic) bond motifs is 1. The lowest BCUT2D eigenvalue weighted by atomic mass is 9.87. The summed E-state index contributed by atoms with van der Waals surface area (Å²) in [5, 5.41) is 8.88. The molecule has 0 spiro atoms. The quantitative estimate of drug-likeness (QED) is 0.877. The van der Waals surface area contributed by atoms with Crippen LogP contribution in [0.4, 0.5) is 0 Å². The van der Waals surface area contributed by atoms with Crippen molar-refractivity contribution in [2.75, 3.05) is 0 Å². The predicted octanol–water partition coefficient (Wildman–Crippen LogP) is 3.26. The molecule has 1 aliphatic rings. The molecular formula is C20H27N3O2. The summed E-state index contributed by atoms with van der Waals surface area (Å²) in [7, 11) is 0. The van der Waals surface area contributed by atoms with Crippen molar-refractivity contribution in [1.82, 2.24) is 15.1 Å². The normalized spacial score (nSPS) is 16.7. The van der Waals surface area contributed by atoms with Gasteiger partial charge in [-0.25, -0.2) is 4.68 Å². The molecule has 2 aromatic rings. The molecule has 5 nitrogen and oxygen atoms in total. The van der Waals surface area contributed by atoms with Crippen molar-refractivity contribution in [1.29, 1.82) is 0 Å². The van der Waals surface area contributed by atoms with Gasteiger partial charge in [-0.05, 0) is 31.2 Å². The number of benzene rings is 1. The molecule has 5 heteroatoms. The Morgan fingerprint density at radius 2 is 2.04 bits per heavy atom. The van der Waals surface area contributed by atoms with E-state index in [1.807, 2.05) is 31.2 Å². The number of hydrogen-bond acceptors (Lipinski definition) is 3. The Bertz CT molecular complexity index is 778. The van der Waals surface area contributed by atoms with E-state index in [1.54, 1.807) is 6.20 Å². The maximum absolute atomic E-state index is 12.6. The van der Waals surface area contributed by atoms with Gasteiger partial charge in [-0.3, -0.25) is 9.59 Å². The van der Waals surface area contributed by atoms with Gasteiger partial charge in [0.1, 0.15) is 0 Å². The maximum Gasteiger partial charge on any atom is 0.274 e. The number of hydrogen-bond donors (Lipinski definition) is 1. The van der Waals surface area contributed by atoms with Crippen LogP contribution in [0.15, 0.2) is 35.3 Å². The molecule has 1 amide bonds. The Hall–Kier alpha value is -2.17. The minimum absolute atomic E-state index is 0.0672. The number of rotatable bonds is 6. The molecule has 3 rings (SSSR count). The average Bonchev–Trinajstić information content (AvgIpc) is 2.64. The predicted molar refractivity (Wildman–Crippen MR) is 99.4 cm³/mol. The third-order valence-corrected chi connectivity index (χ3v) is 5.21. The highest BCUT2D eigenvalue weighted by Crippen LogP contribution is 2.26. The molecule has 1 N–H and O–H groups in total. The number of carbonyl (C=O) groups excluding carboxylic acids is 1. The Kier molecular flexibility index (Phi) is 5.84. The summed E-state index contributed by atoms with van der Waals surface area (Å²) in [5.74, 6) is 0.625. The molecule has 134 valence electrons. The van der Waals surface area contributed by atoms with Gasteiger partial charge in [0, 0.05) is 17.8 Å². The minimum atomic E-state index is -0.0990. The van der Waals surface area contributed by atoms with Crippen LogP contribution in [-0.4, -0.2) is 21.7 Å². The fourth-order valence-corrected chi connectivity index (χ4v) is 3.68. The molecule has 1 aliphatic carbocycles. The molecule has 1 atom stereocenters. The van der Waals surface area contributed by atoms with E-state index in [1.165, 1.54) is 23.9 Å². The topological polar surface area (TPSA) is 64.0 Å². The third kappa shape index (κ3) is 4.47. The summed E-state index contributed by atoms with van der Waals surface area (Å²) in [6.07, 6.45) is 9.20. The summed E-state index contributed by atoms with van der Waals surface area (Å²) in [5.41, 5.74) is -0.0990. The van der Waals surface area contributed by atoms with E-state index in [9.17, 15) is 9.59 Å². The number of nitrogens with one attached hydrogen (secondary N) is 1. The molecule has 1 fully saturated rings. The first-order chi connectivity index (χ1) is 12.2. The lowest BCUT2D eigenvalue weighted by Crippen LogP contribution is -2.41. The van der Waals surface area contributed by atoms with Crippen LogP contribution in [0.2, 0.25) is 0 Å². The molecule has 1 saturated carbocycles. The van der Waals surface area contributed by atoms with E-state index in [0.29, 0.717) is 24.3 Å². The van der Waals surface area contributed by atoms with Crippen molar-refractivity contribution in [3.8, 4) is 0 Å². The fourth-order valence-electron chi connectivity index (χ4n) is 3.68. The second kappa shape index (κ2) is 8.28.